The highest BCUT2D eigenvalue weighted by atomic mass is 35.5. The molecule has 2 heterocycles. The maximum atomic E-state index is 12.2. The van der Waals surface area contributed by atoms with Crippen molar-refractivity contribution >= 4 is 40.5 Å². The summed E-state index contributed by atoms with van der Waals surface area (Å²) in [5.74, 6) is -0.953. The van der Waals surface area contributed by atoms with Crippen LogP contribution in [0.1, 0.15) is 40.4 Å². The highest BCUT2D eigenvalue weighted by Gasteiger charge is 2.21. The molecule has 2 aromatic heterocycles. The summed E-state index contributed by atoms with van der Waals surface area (Å²) in [5, 5.41) is 2.78. The van der Waals surface area contributed by atoms with Crippen LogP contribution in [0.4, 0.5) is 5.69 Å². The third-order valence-electron chi connectivity index (χ3n) is 3.41. The van der Waals surface area contributed by atoms with Gasteiger partial charge >= 0.3 is 5.97 Å². The molecule has 24 heavy (non-hydrogen) atoms. The first-order chi connectivity index (χ1) is 11.4. The molecule has 0 aromatic carbocycles. The Bertz CT molecular complexity index is 745. The molecule has 1 N–H and O–H groups in total. The van der Waals surface area contributed by atoms with Gasteiger partial charge in [0.1, 0.15) is 4.88 Å². The number of carbonyl (C=O) groups is 2. The van der Waals surface area contributed by atoms with Crippen molar-refractivity contribution in [3.63, 3.8) is 0 Å². The average Bonchev–Trinajstić information content (AvgIpc) is 2.91. The van der Waals surface area contributed by atoms with Gasteiger partial charge in [-0.1, -0.05) is 24.9 Å². The standard InChI is InChI=1S/C17H19ClN2O3S/c1-4-6-12-9-14(24-11(12)3)17(22)23-10(2)16(21)20-13-7-5-8-19-15(13)18/h5,7-10H,4,6H2,1-3H3,(H,20,21). The second kappa shape index (κ2) is 8.26. The van der Waals surface area contributed by atoms with Crippen molar-refractivity contribution in [2.24, 2.45) is 0 Å². The largest absolute Gasteiger partial charge is 0.448 e. The first-order valence-electron chi connectivity index (χ1n) is 7.64. The van der Waals surface area contributed by atoms with Gasteiger partial charge in [-0.15, -0.1) is 11.3 Å². The number of hydrogen-bond donors (Lipinski definition) is 1. The van der Waals surface area contributed by atoms with E-state index in [0.717, 1.165) is 23.3 Å². The first-order valence-corrected chi connectivity index (χ1v) is 8.83. The fraction of sp³-hybridized carbons (Fsp3) is 0.353. The van der Waals surface area contributed by atoms with Crippen LogP contribution in [0.5, 0.6) is 0 Å². The van der Waals surface area contributed by atoms with E-state index in [1.54, 1.807) is 12.1 Å². The maximum Gasteiger partial charge on any atom is 0.349 e. The van der Waals surface area contributed by atoms with Gasteiger partial charge < -0.3 is 10.1 Å². The predicted molar refractivity (Wildman–Crippen MR) is 95.8 cm³/mol. The van der Waals surface area contributed by atoms with Crippen molar-refractivity contribution in [3.05, 3.63) is 44.9 Å². The molecule has 1 atom stereocenters. The zero-order chi connectivity index (χ0) is 17.7. The van der Waals surface area contributed by atoms with Gasteiger partial charge in [0.05, 0.1) is 5.69 Å². The van der Waals surface area contributed by atoms with Crippen molar-refractivity contribution in [1.29, 1.82) is 0 Å². The molecule has 128 valence electrons. The van der Waals surface area contributed by atoms with Crippen LogP contribution in [0.3, 0.4) is 0 Å². The summed E-state index contributed by atoms with van der Waals surface area (Å²) < 4.78 is 5.25. The summed E-state index contributed by atoms with van der Waals surface area (Å²) in [6.45, 7) is 5.59. The van der Waals surface area contributed by atoms with Crippen LogP contribution in [0.2, 0.25) is 5.15 Å². The van der Waals surface area contributed by atoms with Gasteiger partial charge in [-0.25, -0.2) is 9.78 Å². The van der Waals surface area contributed by atoms with Crippen LogP contribution < -0.4 is 5.32 Å². The molecule has 0 saturated carbocycles. The number of ether oxygens (including phenoxy) is 1. The van der Waals surface area contributed by atoms with E-state index in [-0.39, 0.29) is 5.15 Å². The van der Waals surface area contributed by atoms with Crippen LogP contribution in [-0.4, -0.2) is 23.0 Å². The van der Waals surface area contributed by atoms with E-state index < -0.39 is 18.0 Å². The number of aromatic nitrogens is 1. The Morgan fingerprint density at radius 1 is 1.46 bits per heavy atom. The minimum atomic E-state index is -0.939. The number of aryl methyl sites for hydroxylation is 2. The Kier molecular flexibility index (Phi) is 6.34. The fourth-order valence-corrected chi connectivity index (χ4v) is 3.24. The normalized spacial score (nSPS) is 11.8. The fourth-order valence-electron chi connectivity index (χ4n) is 2.12. The molecule has 0 bridgehead atoms. The number of thiophene rings is 1. The van der Waals surface area contributed by atoms with Crippen molar-refractivity contribution in [3.8, 4) is 0 Å². The lowest BCUT2D eigenvalue weighted by molar-refractivity contribution is -0.123. The molecule has 1 amide bonds. The van der Waals surface area contributed by atoms with Gasteiger partial charge in [0.15, 0.2) is 11.3 Å². The Hall–Kier alpha value is -1.92. The lowest BCUT2D eigenvalue weighted by Gasteiger charge is -2.13. The number of rotatable bonds is 6. The monoisotopic (exact) mass is 366 g/mol. The van der Waals surface area contributed by atoms with Crippen LogP contribution in [0.15, 0.2) is 24.4 Å². The molecular weight excluding hydrogens is 348 g/mol. The number of nitrogens with one attached hydrogen (secondary N) is 1. The van der Waals surface area contributed by atoms with Crippen LogP contribution in [0.25, 0.3) is 0 Å². The molecule has 5 nitrogen and oxygen atoms in total. The van der Waals surface area contributed by atoms with Crippen molar-refractivity contribution in [2.45, 2.75) is 39.7 Å². The summed E-state index contributed by atoms with van der Waals surface area (Å²) in [7, 11) is 0. The smallest absolute Gasteiger partial charge is 0.349 e. The van der Waals surface area contributed by atoms with Gasteiger partial charge in [-0.2, -0.15) is 0 Å². The Balaban J connectivity index is 1.99. The highest BCUT2D eigenvalue weighted by Crippen LogP contribution is 2.24. The SMILES string of the molecule is CCCc1cc(C(=O)OC(C)C(=O)Nc2cccnc2Cl)sc1C. The van der Waals surface area contributed by atoms with Crippen molar-refractivity contribution < 1.29 is 14.3 Å². The highest BCUT2D eigenvalue weighted by molar-refractivity contribution is 7.14. The lowest BCUT2D eigenvalue weighted by atomic mass is 10.1. The van der Waals surface area contributed by atoms with Gasteiger partial charge in [-0.3, -0.25) is 4.79 Å². The zero-order valence-corrected chi connectivity index (χ0v) is 15.3. The van der Waals surface area contributed by atoms with Crippen molar-refractivity contribution in [2.75, 3.05) is 5.32 Å². The van der Waals surface area contributed by atoms with Crippen LogP contribution >= 0.6 is 22.9 Å². The zero-order valence-electron chi connectivity index (χ0n) is 13.8. The molecule has 0 radical (unpaired) electrons. The Morgan fingerprint density at radius 3 is 2.88 bits per heavy atom. The van der Waals surface area contributed by atoms with E-state index in [9.17, 15) is 9.59 Å². The number of pyridine rings is 1. The van der Waals surface area contributed by atoms with E-state index in [1.165, 1.54) is 24.5 Å². The summed E-state index contributed by atoms with van der Waals surface area (Å²) >= 11 is 7.28. The van der Waals surface area contributed by atoms with Gasteiger partial charge in [0.25, 0.3) is 5.91 Å². The van der Waals surface area contributed by atoms with E-state index in [1.807, 2.05) is 13.0 Å². The quantitative estimate of drug-likeness (QED) is 0.613. The average molecular weight is 367 g/mol. The van der Waals surface area contributed by atoms with Crippen molar-refractivity contribution in [1.82, 2.24) is 4.98 Å². The number of halogens is 1. The second-order valence-corrected chi connectivity index (χ2v) is 6.93. The van der Waals surface area contributed by atoms with E-state index in [0.29, 0.717) is 10.6 Å². The number of esters is 1. The van der Waals surface area contributed by atoms with Gasteiger partial charge in [0, 0.05) is 11.1 Å². The van der Waals surface area contributed by atoms with E-state index in [4.69, 9.17) is 16.3 Å². The van der Waals surface area contributed by atoms with Crippen LogP contribution in [-0.2, 0) is 16.0 Å². The van der Waals surface area contributed by atoms with E-state index >= 15 is 0 Å². The molecule has 0 aliphatic rings. The molecule has 0 saturated heterocycles. The second-order valence-electron chi connectivity index (χ2n) is 5.32. The topological polar surface area (TPSA) is 68.3 Å². The predicted octanol–water partition coefficient (Wildman–Crippen LogP) is 4.24. The third kappa shape index (κ3) is 4.55. The summed E-state index contributed by atoms with van der Waals surface area (Å²) in [6, 6.07) is 5.12. The molecule has 0 spiro atoms. The summed E-state index contributed by atoms with van der Waals surface area (Å²) in [6.07, 6.45) is 2.52. The summed E-state index contributed by atoms with van der Waals surface area (Å²) in [4.78, 5) is 29.8. The molecular formula is C17H19ClN2O3S. The molecule has 7 heteroatoms. The lowest BCUT2D eigenvalue weighted by Crippen LogP contribution is -2.29. The molecule has 2 aromatic rings. The maximum absolute atomic E-state index is 12.2. The number of amides is 1. The third-order valence-corrected chi connectivity index (χ3v) is 4.79. The number of nitrogens with zero attached hydrogens (tertiary/aromatic N) is 1. The molecule has 0 fully saturated rings. The minimum absolute atomic E-state index is 0.183. The summed E-state index contributed by atoms with van der Waals surface area (Å²) in [5.41, 5.74) is 1.53. The molecule has 2 rings (SSSR count). The number of carbonyl (C=O) groups excluding carboxylic acids is 2. The first kappa shape index (κ1) is 18.4. The molecule has 0 aliphatic carbocycles. The molecule has 1 unspecified atom stereocenters. The Labute approximate surface area is 150 Å². The van der Waals surface area contributed by atoms with E-state index in [2.05, 4.69) is 17.2 Å². The number of hydrogen-bond acceptors (Lipinski definition) is 5. The number of anilines is 1. The Morgan fingerprint density at radius 2 is 2.21 bits per heavy atom. The van der Waals surface area contributed by atoms with Gasteiger partial charge in [-0.05, 0) is 44.0 Å². The van der Waals surface area contributed by atoms with Gasteiger partial charge in [0.2, 0.25) is 0 Å². The molecule has 0 aliphatic heterocycles. The minimum Gasteiger partial charge on any atom is -0.448 e. The van der Waals surface area contributed by atoms with Crippen LogP contribution in [0, 0.1) is 6.92 Å².